The molecule has 0 radical (unpaired) electrons. The van der Waals surface area contributed by atoms with Gasteiger partial charge in [0.1, 0.15) is 0 Å². The molecule has 1 aliphatic heterocycles. The number of hydrogen-bond acceptors (Lipinski definition) is 5. The molecule has 0 amide bonds. The van der Waals surface area contributed by atoms with E-state index in [1.807, 2.05) is 6.07 Å². The lowest BCUT2D eigenvalue weighted by Crippen LogP contribution is -2.48. The molecule has 24 heavy (non-hydrogen) atoms. The maximum absolute atomic E-state index is 12.1. The van der Waals surface area contributed by atoms with Crippen LogP contribution in [0.1, 0.15) is 18.5 Å². The first-order valence-corrected chi connectivity index (χ1v) is 8.36. The zero-order valence-corrected chi connectivity index (χ0v) is 14.2. The van der Waals surface area contributed by atoms with E-state index in [9.17, 15) is 4.79 Å². The Morgan fingerprint density at radius 1 is 1.33 bits per heavy atom. The van der Waals surface area contributed by atoms with Crippen molar-refractivity contribution in [2.24, 2.45) is 7.05 Å². The minimum Gasteiger partial charge on any atom is -0.373 e. The van der Waals surface area contributed by atoms with Crippen molar-refractivity contribution in [3.8, 4) is 0 Å². The Morgan fingerprint density at radius 2 is 2.12 bits per heavy atom. The van der Waals surface area contributed by atoms with Crippen molar-refractivity contribution < 1.29 is 4.74 Å². The summed E-state index contributed by atoms with van der Waals surface area (Å²) in [6, 6.07) is 10.6. The van der Waals surface area contributed by atoms with E-state index in [-0.39, 0.29) is 17.7 Å². The smallest absolute Gasteiger partial charge is 0.293 e. The average Bonchev–Trinajstić information content (AvgIpc) is 2.63. The number of hydrogen-bond donors (Lipinski definition) is 1. The van der Waals surface area contributed by atoms with Gasteiger partial charge < -0.3 is 14.6 Å². The van der Waals surface area contributed by atoms with E-state index < -0.39 is 0 Å². The maximum Gasteiger partial charge on any atom is 0.293 e. The summed E-state index contributed by atoms with van der Waals surface area (Å²) in [7, 11) is 1.72. The number of benzene rings is 1. The first-order chi connectivity index (χ1) is 11.7. The summed E-state index contributed by atoms with van der Waals surface area (Å²) in [6.07, 6.45) is 3.24. The lowest BCUT2D eigenvalue weighted by molar-refractivity contribution is -0.0639. The van der Waals surface area contributed by atoms with Gasteiger partial charge in [-0.1, -0.05) is 37.3 Å². The summed E-state index contributed by atoms with van der Waals surface area (Å²) in [5, 5.41) is 3.17. The SMILES string of the molecule is CCN1CCO[C@@H](CNc2nccn(C)c2=O)[C@@H]1c1ccccc1. The fourth-order valence-electron chi connectivity index (χ4n) is 3.20. The van der Waals surface area contributed by atoms with Gasteiger partial charge in [-0.25, -0.2) is 4.98 Å². The van der Waals surface area contributed by atoms with Gasteiger partial charge >= 0.3 is 0 Å². The Kier molecular flexibility index (Phi) is 5.27. The number of likely N-dealkylation sites (N-methyl/N-ethyl adjacent to an activating group) is 1. The summed E-state index contributed by atoms with van der Waals surface area (Å²) in [4.78, 5) is 18.7. The Bertz CT molecular complexity index is 716. The van der Waals surface area contributed by atoms with Crippen molar-refractivity contribution in [2.75, 3.05) is 31.6 Å². The van der Waals surface area contributed by atoms with E-state index in [1.54, 1.807) is 19.4 Å². The zero-order chi connectivity index (χ0) is 16.9. The molecule has 0 spiro atoms. The second kappa shape index (κ2) is 7.59. The van der Waals surface area contributed by atoms with E-state index in [4.69, 9.17) is 4.74 Å². The molecular weight excluding hydrogens is 304 g/mol. The molecule has 2 heterocycles. The summed E-state index contributed by atoms with van der Waals surface area (Å²) in [6.45, 7) is 5.29. The number of anilines is 1. The van der Waals surface area contributed by atoms with Crippen molar-refractivity contribution in [3.63, 3.8) is 0 Å². The third-order valence-electron chi connectivity index (χ3n) is 4.49. The number of aromatic nitrogens is 2. The lowest BCUT2D eigenvalue weighted by Gasteiger charge is -2.41. The molecule has 1 N–H and O–H groups in total. The molecule has 0 saturated carbocycles. The predicted molar refractivity (Wildman–Crippen MR) is 94.1 cm³/mol. The van der Waals surface area contributed by atoms with E-state index in [2.05, 4.69) is 46.4 Å². The number of morpholine rings is 1. The maximum atomic E-state index is 12.1. The van der Waals surface area contributed by atoms with Crippen molar-refractivity contribution in [1.82, 2.24) is 14.5 Å². The van der Waals surface area contributed by atoms with Crippen LogP contribution in [0, 0.1) is 0 Å². The largest absolute Gasteiger partial charge is 0.373 e. The van der Waals surface area contributed by atoms with Crippen LogP contribution in [0.5, 0.6) is 0 Å². The predicted octanol–water partition coefficient (Wildman–Crippen LogP) is 1.65. The van der Waals surface area contributed by atoms with Gasteiger partial charge in [-0.3, -0.25) is 9.69 Å². The number of nitrogens with one attached hydrogen (secondary N) is 1. The van der Waals surface area contributed by atoms with Gasteiger partial charge in [0.15, 0.2) is 5.82 Å². The van der Waals surface area contributed by atoms with Gasteiger partial charge in [0.2, 0.25) is 0 Å². The van der Waals surface area contributed by atoms with Gasteiger partial charge in [-0.05, 0) is 12.1 Å². The summed E-state index contributed by atoms with van der Waals surface area (Å²) in [5.41, 5.74) is 1.11. The summed E-state index contributed by atoms with van der Waals surface area (Å²) < 4.78 is 7.55. The van der Waals surface area contributed by atoms with Gasteiger partial charge in [-0.15, -0.1) is 0 Å². The molecule has 1 saturated heterocycles. The molecule has 2 aromatic rings. The van der Waals surface area contributed by atoms with Crippen LogP contribution in [0.3, 0.4) is 0 Å². The quantitative estimate of drug-likeness (QED) is 0.904. The highest BCUT2D eigenvalue weighted by Crippen LogP contribution is 2.29. The van der Waals surface area contributed by atoms with Crippen LogP contribution < -0.4 is 10.9 Å². The first kappa shape index (κ1) is 16.7. The number of aryl methyl sites for hydroxylation is 1. The molecule has 0 aliphatic carbocycles. The van der Waals surface area contributed by atoms with Crippen molar-refractivity contribution in [1.29, 1.82) is 0 Å². The van der Waals surface area contributed by atoms with Crippen molar-refractivity contribution in [2.45, 2.75) is 19.1 Å². The Hall–Kier alpha value is -2.18. The van der Waals surface area contributed by atoms with Crippen molar-refractivity contribution in [3.05, 3.63) is 58.6 Å². The van der Waals surface area contributed by atoms with E-state index >= 15 is 0 Å². The molecule has 128 valence electrons. The molecule has 3 rings (SSSR count). The fourth-order valence-corrected chi connectivity index (χ4v) is 3.20. The van der Waals surface area contributed by atoms with Crippen LogP contribution in [-0.4, -0.2) is 46.8 Å². The second-order valence-electron chi connectivity index (χ2n) is 5.97. The lowest BCUT2D eigenvalue weighted by atomic mass is 9.98. The number of nitrogens with zero attached hydrogens (tertiary/aromatic N) is 3. The fraction of sp³-hybridized carbons (Fsp3) is 0.444. The molecule has 6 heteroatoms. The molecule has 0 bridgehead atoms. The van der Waals surface area contributed by atoms with Crippen LogP contribution >= 0.6 is 0 Å². The number of rotatable bonds is 5. The Labute approximate surface area is 142 Å². The molecule has 6 nitrogen and oxygen atoms in total. The summed E-state index contributed by atoms with van der Waals surface area (Å²) in [5.74, 6) is 0.365. The van der Waals surface area contributed by atoms with E-state index in [1.165, 1.54) is 10.1 Å². The highest BCUT2D eigenvalue weighted by Gasteiger charge is 2.32. The van der Waals surface area contributed by atoms with Crippen LogP contribution in [0.25, 0.3) is 0 Å². The molecule has 1 aliphatic rings. The molecule has 2 atom stereocenters. The topological polar surface area (TPSA) is 59.4 Å². The summed E-state index contributed by atoms with van der Waals surface area (Å²) >= 11 is 0. The monoisotopic (exact) mass is 328 g/mol. The van der Waals surface area contributed by atoms with Crippen molar-refractivity contribution >= 4 is 5.82 Å². The zero-order valence-electron chi connectivity index (χ0n) is 14.2. The van der Waals surface area contributed by atoms with Crippen LogP contribution in [0.2, 0.25) is 0 Å². The molecule has 0 unspecified atom stereocenters. The molecule has 1 fully saturated rings. The van der Waals surface area contributed by atoms with Crippen LogP contribution in [0.4, 0.5) is 5.82 Å². The van der Waals surface area contributed by atoms with Crippen LogP contribution in [0.15, 0.2) is 47.5 Å². The highest BCUT2D eigenvalue weighted by molar-refractivity contribution is 5.31. The molecule has 1 aromatic heterocycles. The van der Waals surface area contributed by atoms with Gasteiger partial charge in [0, 0.05) is 32.5 Å². The van der Waals surface area contributed by atoms with Gasteiger partial charge in [0.25, 0.3) is 5.56 Å². The normalized spacial score (nSPS) is 21.6. The van der Waals surface area contributed by atoms with Gasteiger partial charge in [0.05, 0.1) is 18.8 Å². The average molecular weight is 328 g/mol. The minimum atomic E-state index is -0.128. The second-order valence-corrected chi connectivity index (χ2v) is 5.97. The highest BCUT2D eigenvalue weighted by atomic mass is 16.5. The molecule has 1 aromatic carbocycles. The third kappa shape index (κ3) is 3.49. The minimum absolute atomic E-state index is 0.0344. The van der Waals surface area contributed by atoms with Gasteiger partial charge in [-0.2, -0.15) is 0 Å². The number of ether oxygens (including phenoxy) is 1. The third-order valence-corrected chi connectivity index (χ3v) is 4.49. The van der Waals surface area contributed by atoms with E-state index in [0.29, 0.717) is 19.0 Å². The van der Waals surface area contributed by atoms with E-state index in [0.717, 1.165) is 13.1 Å². The van der Waals surface area contributed by atoms with Crippen LogP contribution in [-0.2, 0) is 11.8 Å². The Morgan fingerprint density at radius 3 is 2.88 bits per heavy atom. The Balaban J connectivity index is 1.79. The first-order valence-electron chi connectivity index (χ1n) is 8.36. The molecular formula is C18H24N4O2. The standard InChI is InChI=1S/C18H24N4O2/c1-3-22-11-12-24-15(16(22)14-7-5-4-6-8-14)13-20-17-18(23)21(2)10-9-19-17/h4-10,15-16H,3,11-13H2,1-2H3,(H,19,20)/t15-,16-/m0/s1.